The van der Waals surface area contributed by atoms with Crippen LogP contribution in [0.15, 0.2) is 41.8 Å². The highest BCUT2D eigenvalue weighted by Crippen LogP contribution is 2.33. The lowest BCUT2D eigenvalue weighted by Gasteiger charge is -2.21. The third kappa shape index (κ3) is 4.77. The van der Waals surface area contributed by atoms with E-state index in [1.165, 1.54) is 11.3 Å². The summed E-state index contributed by atoms with van der Waals surface area (Å²) in [6.45, 7) is 6.70. The molecule has 0 aliphatic rings. The van der Waals surface area contributed by atoms with E-state index in [4.69, 9.17) is 9.47 Å². The predicted octanol–water partition coefficient (Wildman–Crippen LogP) is 5.04. The van der Waals surface area contributed by atoms with Crippen LogP contribution in [0.5, 0.6) is 11.5 Å². The maximum absolute atomic E-state index is 13.0. The number of methoxy groups -OCH3 is 2. The summed E-state index contributed by atoms with van der Waals surface area (Å²) in [6.07, 6.45) is 0.268. The summed E-state index contributed by atoms with van der Waals surface area (Å²) in [5.41, 5.74) is 4.94. The molecule has 0 unspecified atom stereocenters. The first-order valence-corrected chi connectivity index (χ1v) is 10.4. The predicted molar refractivity (Wildman–Crippen MR) is 118 cm³/mol. The highest BCUT2D eigenvalue weighted by atomic mass is 32.1. The molecule has 0 fully saturated rings. The van der Waals surface area contributed by atoms with E-state index >= 15 is 0 Å². The quantitative estimate of drug-likeness (QED) is 0.548. The molecule has 0 atom stereocenters. The number of amides is 1. The van der Waals surface area contributed by atoms with Crippen molar-refractivity contribution in [2.75, 3.05) is 25.7 Å². The highest BCUT2D eigenvalue weighted by Gasteiger charge is 2.17. The Morgan fingerprint density at radius 1 is 1.03 bits per heavy atom. The average molecular weight is 411 g/mol. The number of ether oxygens (including phenoxy) is 2. The lowest BCUT2D eigenvalue weighted by molar-refractivity contribution is -0.118. The Kier molecular flexibility index (Phi) is 6.54. The number of rotatable bonds is 7. The molecule has 152 valence electrons. The third-order valence-electron chi connectivity index (χ3n) is 4.65. The summed E-state index contributed by atoms with van der Waals surface area (Å²) < 4.78 is 10.7. The average Bonchev–Trinajstić information content (AvgIpc) is 3.15. The first-order chi connectivity index (χ1) is 13.9. The molecule has 0 saturated carbocycles. The molecule has 0 spiro atoms. The largest absolute Gasteiger partial charge is 0.493 e. The number of carbonyl (C=O) groups excluding carboxylic acids is 1. The van der Waals surface area contributed by atoms with Gasteiger partial charge in [-0.05, 0) is 62.2 Å². The van der Waals surface area contributed by atoms with Gasteiger partial charge in [0.15, 0.2) is 11.5 Å². The minimum atomic E-state index is 0.0432. The van der Waals surface area contributed by atoms with E-state index in [0.29, 0.717) is 18.0 Å². The Morgan fingerprint density at radius 2 is 1.72 bits per heavy atom. The Morgan fingerprint density at radius 3 is 2.34 bits per heavy atom. The van der Waals surface area contributed by atoms with Gasteiger partial charge in [0.2, 0.25) is 5.91 Å². The van der Waals surface area contributed by atoms with Crippen molar-refractivity contribution < 1.29 is 14.3 Å². The van der Waals surface area contributed by atoms with Gasteiger partial charge in [0.1, 0.15) is 5.01 Å². The van der Waals surface area contributed by atoms with Crippen LogP contribution in [0, 0.1) is 13.8 Å². The van der Waals surface area contributed by atoms with Gasteiger partial charge < -0.3 is 14.4 Å². The van der Waals surface area contributed by atoms with E-state index in [1.807, 2.05) is 61.4 Å². The zero-order chi connectivity index (χ0) is 21.0. The molecule has 0 bridgehead atoms. The van der Waals surface area contributed by atoms with Gasteiger partial charge in [0.25, 0.3) is 0 Å². The number of aromatic nitrogens is 1. The third-order valence-corrected chi connectivity index (χ3v) is 5.59. The van der Waals surface area contributed by atoms with Crippen molar-refractivity contribution in [3.63, 3.8) is 0 Å². The topological polar surface area (TPSA) is 51.7 Å². The van der Waals surface area contributed by atoms with Gasteiger partial charge in [-0.1, -0.05) is 6.07 Å². The fourth-order valence-corrected chi connectivity index (χ4v) is 4.17. The molecule has 0 aliphatic heterocycles. The molecule has 2 aromatic carbocycles. The SMILES string of the molecule is CCN(C(=O)Cc1csc(-c2ccc(OC)c(OC)c2)n1)c1cc(C)cc(C)c1. The fourth-order valence-electron chi connectivity index (χ4n) is 3.35. The molecule has 0 radical (unpaired) electrons. The second-order valence-electron chi connectivity index (χ2n) is 6.87. The molecule has 1 amide bonds. The minimum absolute atomic E-state index is 0.0432. The highest BCUT2D eigenvalue weighted by molar-refractivity contribution is 7.13. The summed E-state index contributed by atoms with van der Waals surface area (Å²) >= 11 is 1.52. The Bertz CT molecular complexity index is 993. The summed E-state index contributed by atoms with van der Waals surface area (Å²) in [4.78, 5) is 19.4. The summed E-state index contributed by atoms with van der Waals surface area (Å²) in [5, 5.41) is 2.79. The van der Waals surface area contributed by atoms with Crippen LogP contribution in [0.4, 0.5) is 5.69 Å². The molecule has 1 heterocycles. The maximum atomic E-state index is 13.0. The molecule has 0 N–H and O–H groups in total. The smallest absolute Gasteiger partial charge is 0.233 e. The van der Waals surface area contributed by atoms with Gasteiger partial charge in [-0.2, -0.15) is 0 Å². The number of carbonyl (C=O) groups is 1. The van der Waals surface area contributed by atoms with Crippen molar-refractivity contribution in [3.8, 4) is 22.1 Å². The van der Waals surface area contributed by atoms with Crippen LogP contribution in [0.3, 0.4) is 0 Å². The molecule has 6 heteroatoms. The summed E-state index contributed by atoms with van der Waals surface area (Å²) in [7, 11) is 3.22. The Hall–Kier alpha value is -2.86. The van der Waals surface area contributed by atoms with Gasteiger partial charge in [0.05, 0.1) is 26.3 Å². The number of anilines is 1. The second kappa shape index (κ2) is 9.09. The van der Waals surface area contributed by atoms with Gasteiger partial charge in [-0.15, -0.1) is 11.3 Å². The van der Waals surface area contributed by atoms with Gasteiger partial charge in [-0.25, -0.2) is 4.98 Å². The van der Waals surface area contributed by atoms with Gasteiger partial charge in [0, 0.05) is 23.2 Å². The number of hydrogen-bond acceptors (Lipinski definition) is 5. The van der Waals surface area contributed by atoms with E-state index in [-0.39, 0.29) is 12.3 Å². The first kappa shape index (κ1) is 20.9. The van der Waals surface area contributed by atoms with Crippen molar-refractivity contribution in [3.05, 3.63) is 58.6 Å². The van der Waals surface area contributed by atoms with Crippen molar-refractivity contribution in [1.82, 2.24) is 4.98 Å². The van der Waals surface area contributed by atoms with Gasteiger partial charge >= 0.3 is 0 Å². The number of hydrogen-bond donors (Lipinski definition) is 0. The van der Waals surface area contributed by atoms with Crippen molar-refractivity contribution >= 4 is 22.9 Å². The van der Waals surface area contributed by atoms with Crippen LogP contribution in [0.1, 0.15) is 23.7 Å². The van der Waals surface area contributed by atoms with E-state index in [9.17, 15) is 4.79 Å². The van der Waals surface area contributed by atoms with E-state index < -0.39 is 0 Å². The van der Waals surface area contributed by atoms with Crippen LogP contribution in [0.2, 0.25) is 0 Å². The fraction of sp³-hybridized carbons (Fsp3) is 0.304. The zero-order valence-corrected chi connectivity index (χ0v) is 18.3. The number of benzene rings is 2. The standard InChI is InChI=1S/C23H26N2O3S/c1-6-25(19-10-15(2)9-16(3)11-19)22(26)13-18-14-29-23(24-18)17-7-8-20(27-4)21(12-17)28-5/h7-12,14H,6,13H2,1-5H3. The van der Waals surface area contributed by atoms with Crippen LogP contribution < -0.4 is 14.4 Å². The van der Waals surface area contributed by atoms with Crippen LogP contribution in [-0.2, 0) is 11.2 Å². The van der Waals surface area contributed by atoms with E-state index in [0.717, 1.165) is 33.1 Å². The normalized spacial score (nSPS) is 10.7. The second-order valence-corrected chi connectivity index (χ2v) is 7.73. The van der Waals surface area contributed by atoms with E-state index in [1.54, 1.807) is 14.2 Å². The van der Waals surface area contributed by atoms with Crippen molar-refractivity contribution in [2.24, 2.45) is 0 Å². The van der Waals surface area contributed by atoms with Crippen LogP contribution >= 0.6 is 11.3 Å². The van der Waals surface area contributed by atoms with E-state index in [2.05, 4.69) is 11.1 Å². The number of nitrogens with zero attached hydrogens (tertiary/aromatic N) is 2. The van der Waals surface area contributed by atoms with Gasteiger partial charge in [-0.3, -0.25) is 4.79 Å². The zero-order valence-electron chi connectivity index (χ0n) is 17.5. The molecule has 29 heavy (non-hydrogen) atoms. The molecule has 3 rings (SSSR count). The molecule has 1 aromatic heterocycles. The minimum Gasteiger partial charge on any atom is -0.493 e. The molecule has 3 aromatic rings. The lowest BCUT2D eigenvalue weighted by Crippen LogP contribution is -2.32. The van der Waals surface area contributed by atoms with Crippen molar-refractivity contribution in [1.29, 1.82) is 0 Å². The molecule has 0 aliphatic carbocycles. The monoisotopic (exact) mass is 410 g/mol. The van der Waals surface area contributed by atoms with Crippen molar-refractivity contribution in [2.45, 2.75) is 27.2 Å². The molecular weight excluding hydrogens is 384 g/mol. The first-order valence-electron chi connectivity index (χ1n) is 9.50. The lowest BCUT2D eigenvalue weighted by atomic mass is 10.1. The molecule has 0 saturated heterocycles. The Labute approximate surface area is 175 Å². The summed E-state index contributed by atoms with van der Waals surface area (Å²) in [6, 6.07) is 11.9. The van der Waals surface area contributed by atoms with Crippen LogP contribution in [0.25, 0.3) is 10.6 Å². The number of likely N-dealkylation sites (N-methyl/N-ethyl adjacent to an activating group) is 1. The molecule has 5 nitrogen and oxygen atoms in total. The number of aryl methyl sites for hydroxylation is 2. The maximum Gasteiger partial charge on any atom is 0.233 e. The number of thiazole rings is 1. The Balaban J connectivity index is 1.79. The molecular formula is C23H26N2O3S. The van der Waals surface area contributed by atoms with Crippen LogP contribution in [-0.4, -0.2) is 31.7 Å². The summed E-state index contributed by atoms with van der Waals surface area (Å²) in [5.74, 6) is 1.38.